The number of nitrogens with zero attached hydrogens (tertiary/aromatic N) is 1. The Bertz CT molecular complexity index is 709. The molecule has 4 nitrogen and oxygen atoms in total. The molecule has 27 heavy (non-hydrogen) atoms. The van der Waals surface area contributed by atoms with E-state index in [1.54, 1.807) is 18.7 Å². The first-order chi connectivity index (χ1) is 12.1. The zero-order chi connectivity index (χ0) is 20.8. The molecule has 1 saturated carbocycles. The van der Waals surface area contributed by atoms with Crippen LogP contribution in [-0.4, -0.2) is 47.2 Å². The van der Waals surface area contributed by atoms with Crippen molar-refractivity contribution in [3.05, 3.63) is 29.3 Å². The minimum absolute atomic E-state index is 0.0246. The van der Waals surface area contributed by atoms with Crippen molar-refractivity contribution in [2.75, 3.05) is 7.05 Å². The number of hydrogen-bond donors (Lipinski definition) is 1. The maximum Gasteiger partial charge on any atom is 0.309 e. The lowest BCUT2D eigenvalue weighted by molar-refractivity contribution is -0.0893. The SMILES string of the molecule is CN(C(=O)c1cc(BOC(C)(C)C(C)(C)O)cc(C2(C)CC2)c1)C(C)(C)C. The van der Waals surface area contributed by atoms with Crippen molar-refractivity contribution in [3.8, 4) is 0 Å². The van der Waals surface area contributed by atoms with Gasteiger partial charge in [0.25, 0.3) is 5.91 Å². The van der Waals surface area contributed by atoms with Crippen molar-refractivity contribution in [1.82, 2.24) is 4.90 Å². The molecule has 1 aromatic rings. The minimum atomic E-state index is -0.960. The molecule has 0 radical (unpaired) electrons. The van der Waals surface area contributed by atoms with Crippen LogP contribution in [0.1, 0.15) is 84.2 Å². The summed E-state index contributed by atoms with van der Waals surface area (Å²) in [5.74, 6) is 0.0246. The van der Waals surface area contributed by atoms with Gasteiger partial charge in [0.2, 0.25) is 0 Å². The highest BCUT2D eigenvalue weighted by atomic mass is 16.5. The Morgan fingerprint density at radius 1 is 1.11 bits per heavy atom. The van der Waals surface area contributed by atoms with Gasteiger partial charge in [-0.15, -0.1) is 0 Å². The van der Waals surface area contributed by atoms with Gasteiger partial charge in [0, 0.05) is 18.2 Å². The van der Waals surface area contributed by atoms with E-state index < -0.39 is 11.2 Å². The number of aliphatic hydroxyl groups is 1. The number of benzene rings is 1. The Labute approximate surface area is 165 Å². The Balaban J connectivity index is 2.34. The quantitative estimate of drug-likeness (QED) is 0.780. The van der Waals surface area contributed by atoms with Crippen LogP contribution in [0.4, 0.5) is 0 Å². The monoisotopic (exact) mass is 373 g/mol. The summed E-state index contributed by atoms with van der Waals surface area (Å²) < 4.78 is 6.06. The lowest BCUT2D eigenvalue weighted by Gasteiger charge is -2.37. The van der Waals surface area contributed by atoms with E-state index in [1.165, 1.54) is 5.56 Å². The van der Waals surface area contributed by atoms with Gasteiger partial charge in [-0.25, -0.2) is 0 Å². The average Bonchev–Trinajstić information content (AvgIpc) is 3.28. The molecule has 0 bridgehead atoms. The minimum Gasteiger partial charge on any atom is -0.427 e. The summed E-state index contributed by atoms with van der Waals surface area (Å²) in [7, 11) is 2.21. The van der Waals surface area contributed by atoms with Gasteiger partial charge in [-0.05, 0) is 78.4 Å². The van der Waals surface area contributed by atoms with Gasteiger partial charge < -0.3 is 14.7 Å². The molecule has 0 aliphatic heterocycles. The molecule has 1 amide bonds. The average molecular weight is 373 g/mol. The van der Waals surface area contributed by atoms with Crippen LogP contribution in [-0.2, 0) is 10.1 Å². The second-order valence-electron chi connectivity index (χ2n) is 10.4. The highest BCUT2D eigenvalue weighted by Gasteiger charge is 2.40. The van der Waals surface area contributed by atoms with Gasteiger partial charge in [0.05, 0.1) is 11.2 Å². The van der Waals surface area contributed by atoms with E-state index in [-0.39, 0.29) is 16.9 Å². The fraction of sp³-hybridized carbons (Fsp3) is 0.682. The van der Waals surface area contributed by atoms with E-state index in [4.69, 9.17) is 4.65 Å². The van der Waals surface area contributed by atoms with Crippen LogP contribution in [0.5, 0.6) is 0 Å². The van der Waals surface area contributed by atoms with Gasteiger partial charge in [0.1, 0.15) is 0 Å². The predicted octanol–water partition coefficient (Wildman–Crippen LogP) is 3.15. The van der Waals surface area contributed by atoms with Crippen LogP contribution in [0, 0.1) is 0 Å². The topological polar surface area (TPSA) is 49.8 Å². The van der Waals surface area contributed by atoms with E-state index in [0.29, 0.717) is 13.0 Å². The highest BCUT2D eigenvalue weighted by molar-refractivity contribution is 6.47. The maximum atomic E-state index is 13.0. The smallest absolute Gasteiger partial charge is 0.309 e. The molecular weight excluding hydrogens is 337 g/mol. The van der Waals surface area contributed by atoms with Crippen molar-refractivity contribution in [3.63, 3.8) is 0 Å². The predicted molar refractivity (Wildman–Crippen MR) is 113 cm³/mol. The van der Waals surface area contributed by atoms with Crippen LogP contribution in [0.2, 0.25) is 0 Å². The van der Waals surface area contributed by atoms with Crippen LogP contribution in [0.3, 0.4) is 0 Å². The fourth-order valence-electron chi connectivity index (χ4n) is 2.66. The van der Waals surface area contributed by atoms with Crippen molar-refractivity contribution < 1.29 is 14.6 Å². The molecule has 0 unspecified atom stereocenters. The summed E-state index contributed by atoms with van der Waals surface area (Å²) in [5, 5.41) is 10.3. The molecule has 0 spiro atoms. The first-order valence-electron chi connectivity index (χ1n) is 9.86. The Hall–Kier alpha value is -1.33. The van der Waals surface area contributed by atoms with E-state index in [9.17, 15) is 9.90 Å². The second kappa shape index (κ2) is 6.93. The standard InChI is InChI=1S/C22H36BNO3/c1-19(2,3)24(9)18(25)15-12-16(22(8)10-11-22)14-17(13-15)23-27-21(6,7)20(4,5)26/h12-14,23,26H,10-11H2,1-9H3. The van der Waals surface area contributed by atoms with Gasteiger partial charge in [-0.3, -0.25) is 4.79 Å². The third-order valence-electron chi connectivity index (χ3n) is 6.32. The molecule has 0 heterocycles. The summed E-state index contributed by atoms with van der Waals surface area (Å²) in [5.41, 5.74) is 1.15. The lowest BCUT2D eigenvalue weighted by Crippen LogP contribution is -2.49. The molecule has 1 aliphatic carbocycles. The summed E-state index contributed by atoms with van der Waals surface area (Å²) in [4.78, 5) is 14.8. The van der Waals surface area contributed by atoms with Crippen LogP contribution < -0.4 is 5.46 Å². The zero-order valence-electron chi connectivity index (χ0n) is 18.6. The Morgan fingerprint density at radius 3 is 2.11 bits per heavy atom. The highest BCUT2D eigenvalue weighted by Crippen LogP contribution is 2.47. The van der Waals surface area contributed by atoms with Crippen LogP contribution >= 0.6 is 0 Å². The molecular formula is C22H36BNO3. The number of hydrogen-bond acceptors (Lipinski definition) is 3. The van der Waals surface area contributed by atoms with Gasteiger partial charge >= 0.3 is 7.48 Å². The lowest BCUT2D eigenvalue weighted by atomic mass is 9.79. The molecule has 1 aliphatic rings. The molecule has 150 valence electrons. The number of amides is 1. The van der Waals surface area contributed by atoms with Gasteiger partial charge in [-0.1, -0.05) is 24.5 Å². The number of rotatable bonds is 6. The molecule has 1 fully saturated rings. The second-order valence-corrected chi connectivity index (χ2v) is 10.4. The number of carbonyl (C=O) groups is 1. The molecule has 1 N–H and O–H groups in total. The first-order valence-corrected chi connectivity index (χ1v) is 9.86. The molecule has 5 heteroatoms. The van der Waals surface area contributed by atoms with Crippen molar-refractivity contribution in [2.45, 2.75) is 90.4 Å². The fourth-order valence-corrected chi connectivity index (χ4v) is 2.66. The van der Waals surface area contributed by atoms with E-state index in [1.807, 2.05) is 53.8 Å². The first kappa shape index (κ1) is 22.0. The van der Waals surface area contributed by atoms with Gasteiger partial charge in [-0.2, -0.15) is 0 Å². The van der Waals surface area contributed by atoms with Crippen LogP contribution in [0.25, 0.3) is 0 Å². The van der Waals surface area contributed by atoms with Crippen molar-refractivity contribution >= 4 is 18.9 Å². The van der Waals surface area contributed by atoms with E-state index in [2.05, 4.69) is 13.0 Å². The van der Waals surface area contributed by atoms with Crippen molar-refractivity contribution in [2.24, 2.45) is 0 Å². The van der Waals surface area contributed by atoms with Crippen molar-refractivity contribution in [1.29, 1.82) is 0 Å². The largest absolute Gasteiger partial charge is 0.427 e. The van der Waals surface area contributed by atoms with E-state index in [0.717, 1.165) is 18.3 Å². The summed E-state index contributed by atoms with van der Waals surface area (Å²) >= 11 is 0. The third-order valence-corrected chi connectivity index (χ3v) is 6.32. The Kier molecular flexibility index (Phi) is 5.64. The van der Waals surface area contributed by atoms with Gasteiger partial charge in [0.15, 0.2) is 0 Å². The molecule has 0 aromatic heterocycles. The van der Waals surface area contributed by atoms with E-state index >= 15 is 0 Å². The Morgan fingerprint density at radius 2 is 1.67 bits per heavy atom. The molecule has 1 aromatic carbocycles. The molecule has 0 saturated heterocycles. The summed E-state index contributed by atoms with van der Waals surface area (Å²) in [6, 6.07) is 6.13. The molecule has 0 atom stereocenters. The van der Waals surface area contributed by atoms with Crippen LogP contribution in [0.15, 0.2) is 18.2 Å². The zero-order valence-corrected chi connectivity index (χ0v) is 18.6. The normalized spacial score (nSPS) is 16.8. The summed E-state index contributed by atoms with van der Waals surface area (Å²) in [6.07, 6.45) is 2.30. The summed E-state index contributed by atoms with van der Waals surface area (Å²) in [6.45, 7) is 15.6. The third kappa shape index (κ3) is 4.94. The number of carbonyl (C=O) groups excluding carboxylic acids is 1. The maximum absolute atomic E-state index is 13.0. The molecule has 2 rings (SSSR count).